The van der Waals surface area contributed by atoms with Crippen LogP contribution in [0.4, 0.5) is 0 Å². The van der Waals surface area contributed by atoms with Gasteiger partial charge in [0.05, 0.1) is 4.88 Å². The molecule has 1 aromatic rings. The molecule has 1 heterocycles. The number of hydrogen-bond acceptors (Lipinski definition) is 2. The normalized spacial score (nSPS) is 18.7. The third-order valence-corrected chi connectivity index (χ3v) is 6.26. The second kappa shape index (κ2) is 7.15. The van der Waals surface area contributed by atoms with Crippen LogP contribution in [0, 0.1) is 0 Å². The molecule has 0 N–H and O–H groups in total. The Morgan fingerprint density at radius 3 is 2.76 bits per heavy atom. The Labute approximate surface area is 136 Å². The molecule has 0 aromatic carbocycles. The maximum absolute atomic E-state index is 12.9. The van der Waals surface area contributed by atoms with Crippen molar-refractivity contribution in [1.82, 2.24) is 4.90 Å². The number of halogens is 1. The van der Waals surface area contributed by atoms with E-state index in [1.165, 1.54) is 55.4 Å². The lowest BCUT2D eigenvalue weighted by atomic mass is 9.91. The summed E-state index contributed by atoms with van der Waals surface area (Å²) in [6, 6.07) is 2.64. The van der Waals surface area contributed by atoms with Gasteiger partial charge in [-0.15, -0.1) is 22.9 Å². The third-order valence-electron chi connectivity index (χ3n) is 4.77. The minimum atomic E-state index is 0.253. The van der Waals surface area contributed by atoms with Crippen LogP contribution in [0.25, 0.3) is 0 Å². The summed E-state index contributed by atoms with van der Waals surface area (Å²) < 4.78 is 0. The van der Waals surface area contributed by atoms with Crippen LogP contribution in [0.2, 0.25) is 0 Å². The average molecular weight is 326 g/mol. The Bertz CT molecular complexity index is 471. The zero-order chi connectivity index (χ0) is 14.7. The monoisotopic (exact) mass is 325 g/mol. The van der Waals surface area contributed by atoms with Gasteiger partial charge in [-0.1, -0.05) is 6.42 Å². The summed E-state index contributed by atoms with van der Waals surface area (Å²) in [6.45, 7) is 0.815. The molecule has 1 aromatic heterocycles. The molecular weight excluding hydrogens is 302 g/mol. The third kappa shape index (κ3) is 3.45. The molecule has 0 saturated heterocycles. The van der Waals surface area contributed by atoms with Crippen LogP contribution in [0.5, 0.6) is 0 Å². The van der Waals surface area contributed by atoms with E-state index in [0.717, 1.165) is 24.3 Å². The van der Waals surface area contributed by atoms with Gasteiger partial charge >= 0.3 is 0 Å². The quantitative estimate of drug-likeness (QED) is 0.570. The van der Waals surface area contributed by atoms with Crippen molar-refractivity contribution in [3.8, 4) is 0 Å². The van der Waals surface area contributed by atoms with Crippen molar-refractivity contribution in [3.63, 3.8) is 0 Å². The van der Waals surface area contributed by atoms with Gasteiger partial charge in [0, 0.05) is 23.3 Å². The Morgan fingerprint density at radius 2 is 2.05 bits per heavy atom. The highest BCUT2D eigenvalue weighted by Crippen LogP contribution is 2.32. The highest BCUT2D eigenvalue weighted by atomic mass is 35.5. The second-order valence-electron chi connectivity index (χ2n) is 6.25. The van der Waals surface area contributed by atoms with E-state index in [1.54, 1.807) is 11.3 Å². The zero-order valence-electron chi connectivity index (χ0n) is 12.6. The molecular formula is C17H24ClNOS. The molecule has 0 radical (unpaired) electrons. The summed E-state index contributed by atoms with van der Waals surface area (Å²) in [5.41, 5.74) is 1.44. The Balaban J connectivity index is 1.75. The zero-order valence-corrected chi connectivity index (χ0v) is 14.1. The molecule has 21 heavy (non-hydrogen) atoms. The number of carbonyl (C=O) groups excluding carboxylic acids is 1. The number of alkyl halides is 1. The van der Waals surface area contributed by atoms with Gasteiger partial charge in [0.1, 0.15) is 0 Å². The molecule has 0 unspecified atom stereocenters. The van der Waals surface area contributed by atoms with Gasteiger partial charge in [0.15, 0.2) is 0 Å². The van der Waals surface area contributed by atoms with E-state index in [4.69, 9.17) is 11.6 Å². The van der Waals surface area contributed by atoms with E-state index >= 15 is 0 Å². The van der Waals surface area contributed by atoms with Crippen LogP contribution in [-0.2, 0) is 12.8 Å². The summed E-state index contributed by atoms with van der Waals surface area (Å²) >= 11 is 7.57. The summed E-state index contributed by atoms with van der Waals surface area (Å²) in [4.78, 5) is 17.4. The van der Waals surface area contributed by atoms with E-state index in [2.05, 4.69) is 11.0 Å². The molecule has 4 heteroatoms. The van der Waals surface area contributed by atoms with Crippen LogP contribution in [0.3, 0.4) is 0 Å². The van der Waals surface area contributed by atoms with Crippen molar-refractivity contribution < 1.29 is 4.79 Å². The Morgan fingerprint density at radius 1 is 1.24 bits per heavy atom. The van der Waals surface area contributed by atoms with Crippen molar-refractivity contribution in [3.05, 3.63) is 21.4 Å². The molecule has 0 spiro atoms. The van der Waals surface area contributed by atoms with Crippen molar-refractivity contribution in [2.45, 2.75) is 63.8 Å². The van der Waals surface area contributed by atoms with Gasteiger partial charge in [0.25, 0.3) is 5.91 Å². The fourth-order valence-electron chi connectivity index (χ4n) is 3.29. The topological polar surface area (TPSA) is 20.3 Å². The van der Waals surface area contributed by atoms with Gasteiger partial charge in [-0.25, -0.2) is 0 Å². The molecule has 0 aliphatic heterocycles. The lowest BCUT2D eigenvalue weighted by molar-refractivity contribution is 0.0585. The first-order chi connectivity index (χ1) is 10.3. The average Bonchev–Trinajstić information content (AvgIpc) is 2.72. The SMILES string of the molecule is O=C(c1cc2c(s1)CCCCC2)N(CCCCl)C1CCC1. The molecule has 0 bridgehead atoms. The fourth-order valence-corrected chi connectivity index (χ4v) is 4.62. The van der Waals surface area contributed by atoms with Crippen molar-refractivity contribution >= 4 is 28.8 Å². The summed E-state index contributed by atoms with van der Waals surface area (Å²) in [6.07, 6.45) is 10.7. The van der Waals surface area contributed by atoms with Crippen LogP contribution >= 0.6 is 22.9 Å². The van der Waals surface area contributed by atoms with Crippen LogP contribution in [0.15, 0.2) is 6.07 Å². The van der Waals surface area contributed by atoms with Crippen molar-refractivity contribution in [2.24, 2.45) is 0 Å². The highest BCUT2D eigenvalue weighted by molar-refractivity contribution is 7.14. The largest absolute Gasteiger partial charge is 0.335 e. The number of aryl methyl sites for hydroxylation is 2. The van der Waals surface area contributed by atoms with Gasteiger partial charge < -0.3 is 4.90 Å². The number of hydrogen-bond donors (Lipinski definition) is 0. The van der Waals surface area contributed by atoms with Crippen LogP contribution in [-0.4, -0.2) is 29.3 Å². The maximum atomic E-state index is 12.9. The van der Waals surface area contributed by atoms with Crippen molar-refractivity contribution in [1.29, 1.82) is 0 Å². The van der Waals surface area contributed by atoms with Gasteiger partial charge in [-0.2, -0.15) is 0 Å². The number of fused-ring (bicyclic) bond motifs is 1. The van der Waals surface area contributed by atoms with Crippen LogP contribution in [0.1, 0.15) is 65.1 Å². The number of nitrogens with zero attached hydrogens (tertiary/aromatic N) is 1. The molecule has 1 fully saturated rings. The lowest BCUT2D eigenvalue weighted by Crippen LogP contribution is -2.44. The molecule has 2 nitrogen and oxygen atoms in total. The smallest absolute Gasteiger partial charge is 0.264 e. The van der Waals surface area contributed by atoms with Crippen molar-refractivity contribution in [2.75, 3.05) is 12.4 Å². The van der Waals surface area contributed by atoms with E-state index in [-0.39, 0.29) is 5.91 Å². The van der Waals surface area contributed by atoms with Crippen LogP contribution < -0.4 is 0 Å². The second-order valence-corrected chi connectivity index (χ2v) is 7.76. The number of carbonyl (C=O) groups is 1. The summed E-state index contributed by atoms with van der Waals surface area (Å²) in [7, 11) is 0. The summed E-state index contributed by atoms with van der Waals surface area (Å²) in [5.74, 6) is 0.889. The first-order valence-corrected chi connectivity index (χ1v) is 9.63. The number of rotatable bonds is 5. The van der Waals surface area contributed by atoms with E-state index in [0.29, 0.717) is 11.9 Å². The summed E-state index contributed by atoms with van der Waals surface area (Å²) in [5, 5.41) is 0. The van der Waals surface area contributed by atoms with Gasteiger partial charge in [-0.05, 0) is 63.0 Å². The minimum Gasteiger partial charge on any atom is -0.335 e. The molecule has 1 amide bonds. The van der Waals surface area contributed by atoms with E-state index in [1.807, 2.05) is 0 Å². The highest BCUT2D eigenvalue weighted by Gasteiger charge is 2.30. The number of amides is 1. The lowest BCUT2D eigenvalue weighted by Gasteiger charge is -2.37. The van der Waals surface area contributed by atoms with Gasteiger partial charge in [-0.3, -0.25) is 4.79 Å². The molecule has 0 atom stereocenters. The molecule has 2 aliphatic carbocycles. The van der Waals surface area contributed by atoms with E-state index < -0.39 is 0 Å². The molecule has 2 aliphatic rings. The predicted octanol–water partition coefficient (Wildman–Crippen LogP) is 4.64. The standard InChI is InChI=1S/C17H24ClNOS/c18-10-5-11-19(14-7-4-8-14)17(20)16-12-13-6-2-1-3-9-15(13)21-16/h12,14H,1-11H2. The number of thiophene rings is 1. The molecule has 3 rings (SSSR count). The first kappa shape index (κ1) is 15.4. The van der Waals surface area contributed by atoms with E-state index in [9.17, 15) is 4.79 Å². The fraction of sp³-hybridized carbons (Fsp3) is 0.706. The Hall–Kier alpha value is -0.540. The molecule has 1 saturated carbocycles. The van der Waals surface area contributed by atoms with Gasteiger partial charge in [0.2, 0.25) is 0 Å². The minimum absolute atomic E-state index is 0.253. The Kier molecular flexibility index (Phi) is 5.23. The maximum Gasteiger partial charge on any atom is 0.264 e. The predicted molar refractivity (Wildman–Crippen MR) is 89.6 cm³/mol. The first-order valence-electron chi connectivity index (χ1n) is 8.28. The molecule has 116 valence electrons.